The van der Waals surface area contributed by atoms with Crippen molar-refractivity contribution < 1.29 is 9.53 Å². The van der Waals surface area contributed by atoms with Gasteiger partial charge in [0, 0.05) is 26.2 Å². The van der Waals surface area contributed by atoms with Crippen molar-refractivity contribution in [3.05, 3.63) is 0 Å². The molecule has 2 rings (SSSR count). The molecular weight excluding hydrogens is 204 g/mol. The Hall–Kier alpha value is -0.610. The summed E-state index contributed by atoms with van der Waals surface area (Å²) in [5, 5.41) is 3.34. The first-order valence-corrected chi connectivity index (χ1v) is 6.27. The number of hydrogen-bond acceptors (Lipinski definition) is 3. The number of methoxy groups -OCH3 is 1. The van der Waals surface area contributed by atoms with Crippen LogP contribution in [0.2, 0.25) is 0 Å². The van der Waals surface area contributed by atoms with Gasteiger partial charge in [0.05, 0.1) is 12.0 Å². The van der Waals surface area contributed by atoms with Gasteiger partial charge in [0.15, 0.2) is 0 Å². The van der Waals surface area contributed by atoms with Gasteiger partial charge in [-0.25, -0.2) is 0 Å². The summed E-state index contributed by atoms with van der Waals surface area (Å²) in [5.41, 5.74) is 0. The minimum atomic E-state index is 0.176. The van der Waals surface area contributed by atoms with Gasteiger partial charge in [-0.15, -0.1) is 0 Å². The van der Waals surface area contributed by atoms with Crippen LogP contribution < -0.4 is 5.32 Å². The van der Waals surface area contributed by atoms with Gasteiger partial charge in [-0.3, -0.25) is 4.79 Å². The fourth-order valence-electron chi connectivity index (χ4n) is 2.76. The average Bonchev–Trinajstić information content (AvgIpc) is 2.74. The van der Waals surface area contributed by atoms with Crippen molar-refractivity contribution in [3.8, 4) is 0 Å². The second-order valence-corrected chi connectivity index (χ2v) is 4.92. The van der Waals surface area contributed by atoms with Crippen LogP contribution in [-0.2, 0) is 9.53 Å². The summed E-state index contributed by atoms with van der Waals surface area (Å²) in [6.07, 6.45) is 3.37. The summed E-state index contributed by atoms with van der Waals surface area (Å²) >= 11 is 0. The maximum atomic E-state index is 12.3. The Morgan fingerprint density at radius 3 is 2.88 bits per heavy atom. The Balaban J connectivity index is 1.93. The lowest BCUT2D eigenvalue weighted by Crippen LogP contribution is -2.47. The van der Waals surface area contributed by atoms with E-state index < -0.39 is 0 Å². The minimum absolute atomic E-state index is 0.176. The molecule has 0 aromatic heterocycles. The highest BCUT2D eigenvalue weighted by atomic mass is 16.5. The number of rotatable bonds is 2. The van der Waals surface area contributed by atoms with E-state index in [1.54, 1.807) is 7.11 Å². The van der Waals surface area contributed by atoms with Gasteiger partial charge >= 0.3 is 0 Å². The van der Waals surface area contributed by atoms with Gasteiger partial charge in [-0.05, 0) is 32.7 Å². The highest BCUT2D eigenvalue weighted by Gasteiger charge is 2.34. The van der Waals surface area contributed by atoms with Crippen LogP contribution >= 0.6 is 0 Å². The van der Waals surface area contributed by atoms with E-state index in [4.69, 9.17) is 4.74 Å². The maximum Gasteiger partial charge on any atom is 0.227 e. The normalized spacial score (nSPS) is 35.4. The van der Waals surface area contributed by atoms with Crippen molar-refractivity contribution in [2.75, 3.05) is 26.7 Å². The number of ether oxygens (including phenoxy) is 1. The van der Waals surface area contributed by atoms with E-state index in [1.165, 1.54) is 0 Å². The molecule has 4 nitrogen and oxygen atoms in total. The number of carbonyl (C=O) groups excluding carboxylic acids is 1. The highest BCUT2D eigenvalue weighted by Crippen LogP contribution is 2.21. The first-order valence-electron chi connectivity index (χ1n) is 6.27. The van der Waals surface area contributed by atoms with E-state index in [0.717, 1.165) is 38.9 Å². The predicted octanol–water partition coefficient (Wildman–Crippen LogP) is 0.622. The van der Waals surface area contributed by atoms with Crippen molar-refractivity contribution in [1.82, 2.24) is 10.2 Å². The van der Waals surface area contributed by atoms with Gasteiger partial charge in [0.2, 0.25) is 5.91 Å². The molecule has 2 heterocycles. The van der Waals surface area contributed by atoms with Crippen molar-refractivity contribution in [2.45, 2.75) is 38.3 Å². The molecule has 3 atom stereocenters. The molecule has 2 fully saturated rings. The summed E-state index contributed by atoms with van der Waals surface area (Å²) < 4.78 is 5.35. The van der Waals surface area contributed by atoms with Crippen LogP contribution in [0.25, 0.3) is 0 Å². The molecule has 1 N–H and O–H groups in total. The fourth-order valence-corrected chi connectivity index (χ4v) is 2.76. The van der Waals surface area contributed by atoms with Crippen molar-refractivity contribution in [3.63, 3.8) is 0 Å². The Morgan fingerprint density at radius 1 is 1.44 bits per heavy atom. The summed E-state index contributed by atoms with van der Waals surface area (Å²) in [7, 11) is 1.73. The second kappa shape index (κ2) is 5.15. The molecule has 16 heavy (non-hydrogen) atoms. The van der Waals surface area contributed by atoms with Gasteiger partial charge in [-0.2, -0.15) is 0 Å². The Kier molecular flexibility index (Phi) is 3.82. The Bertz CT molecular complexity index is 257. The first kappa shape index (κ1) is 11.9. The number of hydrogen-bond donors (Lipinski definition) is 1. The van der Waals surface area contributed by atoms with Gasteiger partial charge in [-0.1, -0.05) is 0 Å². The largest absolute Gasteiger partial charge is 0.380 e. The van der Waals surface area contributed by atoms with Crippen LogP contribution in [0.4, 0.5) is 0 Å². The predicted molar refractivity (Wildman–Crippen MR) is 62.2 cm³/mol. The molecule has 0 radical (unpaired) electrons. The van der Waals surface area contributed by atoms with Crippen molar-refractivity contribution in [2.24, 2.45) is 5.92 Å². The van der Waals surface area contributed by atoms with Crippen LogP contribution in [0.3, 0.4) is 0 Å². The lowest BCUT2D eigenvalue weighted by atomic mass is 9.98. The van der Waals surface area contributed by atoms with Crippen LogP contribution in [0.5, 0.6) is 0 Å². The highest BCUT2D eigenvalue weighted by molar-refractivity contribution is 5.80. The zero-order valence-corrected chi connectivity index (χ0v) is 10.2. The lowest BCUT2D eigenvalue weighted by molar-refractivity contribution is -0.139. The quantitative estimate of drug-likeness (QED) is 0.750. The molecular formula is C12H22N2O2. The van der Waals surface area contributed by atoms with E-state index in [0.29, 0.717) is 11.9 Å². The molecule has 92 valence electrons. The summed E-state index contributed by atoms with van der Waals surface area (Å²) in [6, 6.07) is 0.329. The summed E-state index contributed by atoms with van der Waals surface area (Å²) in [6.45, 7) is 4.76. The van der Waals surface area contributed by atoms with Crippen LogP contribution in [0.1, 0.15) is 26.2 Å². The summed E-state index contributed by atoms with van der Waals surface area (Å²) in [5.74, 6) is 0.495. The minimum Gasteiger partial charge on any atom is -0.380 e. The molecule has 0 aliphatic carbocycles. The molecule has 0 spiro atoms. The van der Waals surface area contributed by atoms with Crippen molar-refractivity contribution in [1.29, 1.82) is 0 Å². The smallest absolute Gasteiger partial charge is 0.227 e. The first-order chi connectivity index (χ1) is 7.72. The number of likely N-dealkylation sites (tertiary alicyclic amines) is 1. The van der Waals surface area contributed by atoms with Gasteiger partial charge in [0.25, 0.3) is 0 Å². The molecule has 0 aromatic rings. The van der Waals surface area contributed by atoms with E-state index in [9.17, 15) is 4.79 Å². The monoisotopic (exact) mass is 226 g/mol. The Morgan fingerprint density at radius 2 is 2.25 bits per heavy atom. The summed E-state index contributed by atoms with van der Waals surface area (Å²) in [4.78, 5) is 14.3. The zero-order valence-electron chi connectivity index (χ0n) is 10.2. The maximum absolute atomic E-state index is 12.3. The van der Waals surface area contributed by atoms with Gasteiger partial charge < -0.3 is 15.0 Å². The zero-order chi connectivity index (χ0) is 11.5. The van der Waals surface area contributed by atoms with E-state index in [2.05, 4.69) is 12.2 Å². The molecule has 3 unspecified atom stereocenters. The van der Waals surface area contributed by atoms with Gasteiger partial charge in [0.1, 0.15) is 0 Å². The standard InChI is InChI=1S/C12H22N2O2/c1-9-11(5-6-13-9)12(15)14-7-3-4-10(8-14)16-2/h9-11,13H,3-8H2,1-2H3. The molecule has 0 saturated carbocycles. The van der Waals surface area contributed by atoms with E-state index >= 15 is 0 Å². The van der Waals surface area contributed by atoms with Crippen LogP contribution in [0, 0.1) is 5.92 Å². The van der Waals surface area contributed by atoms with E-state index in [1.807, 2.05) is 4.90 Å². The third-order valence-corrected chi connectivity index (χ3v) is 3.87. The Labute approximate surface area is 97.3 Å². The number of amides is 1. The number of carbonyl (C=O) groups is 1. The molecule has 1 amide bonds. The topological polar surface area (TPSA) is 41.6 Å². The van der Waals surface area contributed by atoms with Crippen LogP contribution in [0.15, 0.2) is 0 Å². The third kappa shape index (κ3) is 2.38. The van der Waals surface area contributed by atoms with Crippen molar-refractivity contribution >= 4 is 5.91 Å². The van der Waals surface area contributed by atoms with E-state index in [-0.39, 0.29) is 12.0 Å². The van der Waals surface area contributed by atoms with Crippen LogP contribution in [-0.4, -0.2) is 49.7 Å². The molecule has 2 aliphatic heterocycles. The average molecular weight is 226 g/mol. The SMILES string of the molecule is COC1CCCN(C(=O)C2CCNC2C)C1. The molecule has 2 saturated heterocycles. The molecule has 0 bridgehead atoms. The number of piperidine rings is 1. The molecule has 2 aliphatic rings. The number of nitrogens with zero attached hydrogens (tertiary/aromatic N) is 1. The third-order valence-electron chi connectivity index (χ3n) is 3.87. The fraction of sp³-hybridized carbons (Fsp3) is 0.917. The molecule has 0 aromatic carbocycles. The second-order valence-electron chi connectivity index (χ2n) is 4.92. The lowest BCUT2D eigenvalue weighted by Gasteiger charge is -2.34. The molecule has 4 heteroatoms. The number of nitrogens with one attached hydrogen (secondary N) is 1.